The summed E-state index contributed by atoms with van der Waals surface area (Å²) in [5.74, 6) is 0. The molecule has 0 fully saturated rings. The van der Waals surface area contributed by atoms with E-state index < -0.39 is 0 Å². The summed E-state index contributed by atoms with van der Waals surface area (Å²) in [6.45, 7) is 107. The van der Waals surface area contributed by atoms with Gasteiger partial charge in [0.05, 0.1) is 17.9 Å². The quantitative estimate of drug-likeness (QED) is 0.148. The number of nitrogens with zero attached hydrogens (tertiary/aromatic N) is 9. The highest BCUT2D eigenvalue weighted by atomic mass is 32.1. The van der Waals surface area contributed by atoms with E-state index >= 15 is 0 Å². The molecule has 9 nitrogen and oxygen atoms in total. The van der Waals surface area contributed by atoms with Gasteiger partial charge in [-0.25, -0.2) is 9.97 Å². The normalized spacial score (nSPS) is 11.8. The average Bonchev–Trinajstić information content (AvgIpc) is 1.60. The summed E-state index contributed by atoms with van der Waals surface area (Å²) in [4.78, 5) is 21.2. The highest BCUT2D eigenvalue weighted by Gasteiger charge is 2.18. The Balaban J connectivity index is -0.000000197. The van der Waals surface area contributed by atoms with Crippen LogP contribution in [0.1, 0.15) is 378 Å². The molecular weight excluding hydrogens is 1290 g/mol. The molecule has 0 spiro atoms. The first-order valence-corrected chi connectivity index (χ1v) is 38.8. The summed E-state index contributed by atoms with van der Waals surface area (Å²) in [6.07, 6.45) is 22.1. The van der Waals surface area contributed by atoms with Crippen molar-refractivity contribution in [1.82, 2.24) is 44.9 Å². The number of hydrogen-bond donors (Lipinski definition) is 0. The highest BCUT2D eigenvalue weighted by Crippen LogP contribution is 2.27. The first-order chi connectivity index (χ1) is 45.6. The predicted octanol–water partition coefficient (Wildman–Crippen LogP) is 29.8. The summed E-state index contributed by atoms with van der Waals surface area (Å²) >= 11 is 1.72. The van der Waals surface area contributed by atoms with Crippen LogP contribution < -0.4 is 0 Å². The van der Waals surface area contributed by atoms with Gasteiger partial charge in [0.1, 0.15) is 6.33 Å². The van der Waals surface area contributed by atoms with Gasteiger partial charge in [0, 0.05) is 67.7 Å². The van der Waals surface area contributed by atoms with Gasteiger partial charge in [0.25, 0.3) is 0 Å². The van der Waals surface area contributed by atoms with Gasteiger partial charge < -0.3 is 0 Å². The Hall–Kier alpha value is -5.48. The van der Waals surface area contributed by atoms with Crippen LogP contribution in [-0.4, -0.2) is 44.9 Å². The lowest BCUT2D eigenvalue weighted by Crippen LogP contribution is -2.11. The van der Waals surface area contributed by atoms with E-state index in [9.17, 15) is 0 Å². The number of thiazole rings is 1. The number of pyridine rings is 2. The van der Waals surface area contributed by atoms with Crippen molar-refractivity contribution >= 4 is 11.3 Å². The third kappa shape index (κ3) is 103. The smallest absolute Gasteiger partial charge is 0.115 e. The summed E-state index contributed by atoms with van der Waals surface area (Å²) in [7, 11) is 1.94. The van der Waals surface area contributed by atoms with Gasteiger partial charge in [0.15, 0.2) is 0 Å². The molecule has 104 heavy (non-hydrogen) atoms. The Morgan fingerprint density at radius 3 is 0.721 bits per heavy atom. The lowest BCUT2D eigenvalue weighted by Gasteiger charge is -2.18. The zero-order valence-corrected chi connectivity index (χ0v) is 79.0. The van der Waals surface area contributed by atoms with Crippen LogP contribution in [-0.2, 0) is 45.0 Å². The molecule has 1 aromatic carbocycles. The minimum Gasteiger partial charge on any atom is -0.276 e. The second kappa shape index (κ2) is 50.2. The first kappa shape index (κ1) is 112. The number of aromatic nitrogens is 9. The number of rotatable bonds is 0. The van der Waals surface area contributed by atoms with Crippen molar-refractivity contribution in [3.8, 4) is 0 Å². The second-order valence-electron chi connectivity index (χ2n) is 45.1. The Kier molecular flexibility index (Phi) is 54.0. The standard InChI is InChI=1S/C10H14.2C9H13N.C8H14N2.2C8H12N2.C7H11NS.7C5H12/c1-10(2,3)9-7-5-4-6-8-9;1-9(2,3)8-4-6-10-7-5-8;1-9(2,3)8-5-4-6-10-7-8;1-8(2,3)7-5-9-10(4)6-7;1-8(2,3)7-4-9-6-10-5-7;1-8(2,3)7-4-5-9-10-6-7;1-7(2,3)6-4-8-5-9-6;7*1-5(2,3)4/h4-8H,1-3H3;2*4-7H,1-3H3;5-6H,1-4H3;2*4-6H,1-3H3;4-5H,1-3H3;7*1-4H3. The molecule has 0 saturated carbocycles. The van der Waals surface area contributed by atoms with Crippen molar-refractivity contribution in [2.75, 3.05) is 0 Å². The minimum atomic E-state index is 0.168. The van der Waals surface area contributed by atoms with E-state index in [1.54, 1.807) is 36.3 Å². The van der Waals surface area contributed by atoms with Gasteiger partial charge in [-0.2, -0.15) is 15.3 Å². The van der Waals surface area contributed by atoms with Crippen LogP contribution in [0.15, 0.2) is 141 Å². The Labute approximate surface area is 653 Å². The zero-order valence-electron chi connectivity index (χ0n) is 78.2. The molecule has 0 aliphatic carbocycles. The van der Waals surface area contributed by atoms with Gasteiger partial charge in [0.2, 0.25) is 0 Å². The molecule has 10 heteroatoms. The van der Waals surface area contributed by atoms with Gasteiger partial charge in [-0.15, -0.1) is 11.3 Å². The minimum absolute atomic E-state index is 0.168. The molecule has 0 aliphatic rings. The third-order valence-electron chi connectivity index (χ3n) is 10.3. The summed E-state index contributed by atoms with van der Waals surface area (Å²) < 4.78 is 1.83. The van der Waals surface area contributed by atoms with Crippen molar-refractivity contribution < 1.29 is 0 Å². The van der Waals surface area contributed by atoms with E-state index in [1.807, 2.05) is 72.8 Å². The van der Waals surface area contributed by atoms with Crippen molar-refractivity contribution in [3.05, 3.63) is 179 Å². The first-order valence-electron chi connectivity index (χ1n) is 37.9. The maximum Gasteiger partial charge on any atom is 0.115 e. The fourth-order valence-corrected chi connectivity index (χ4v) is 6.12. The number of hydrogen-bond acceptors (Lipinski definition) is 9. The molecule has 0 atom stereocenters. The molecule has 7 aromatic rings. The van der Waals surface area contributed by atoms with E-state index in [0.717, 1.165) is 0 Å². The molecule has 6 heterocycles. The molecule has 6 aromatic heterocycles. The van der Waals surface area contributed by atoms with Crippen LogP contribution in [0.3, 0.4) is 0 Å². The van der Waals surface area contributed by atoms with Gasteiger partial charge in [-0.1, -0.05) is 376 Å². The predicted molar refractivity (Wildman–Crippen MR) is 471 cm³/mol. The van der Waals surface area contributed by atoms with Crippen molar-refractivity contribution in [2.24, 2.45) is 45.0 Å². The SMILES string of the molecule is CC(C)(C)C.CC(C)(C)C.CC(C)(C)C.CC(C)(C)C.CC(C)(C)C.CC(C)(C)C.CC(C)(C)C.CC(C)(C)c1ccccc1.CC(C)(C)c1cccnc1.CC(C)(C)c1ccncc1.CC(C)(C)c1ccnnc1.CC(C)(C)c1cncnc1.CC(C)(C)c1cncs1.Cn1cc(C(C)(C)C)cn1. The molecule has 0 aliphatic heterocycles. The average molecular weight is 1460 g/mol. The molecule has 0 unspecified atom stereocenters. The van der Waals surface area contributed by atoms with Crippen molar-refractivity contribution in [2.45, 2.75) is 377 Å². The summed E-state index contributed by atoms with van der Waals surface area (Å²) in [5.41, 5.74) is 14.7. The van der Waals surface area contributed by atoms with Crippen LogP contribution in [0, 0.1) is 37.9 Å². The molecular formula is C94H173N9S. The molecule has 0 amide bonds. The molecule has 0 N–H and O–H groups in total. The Morgan fingerprint density at radius 1 is 0.240 bits per heavy atom. The van der Waals surface area contributed by atoms with E-state index in [2.05, 4.69) is 434 Å². The number of benzene rings is 1. The van der Waals surface area contributed by atoms with Gasteiger partial charge >= 0.3 is 0 Å². The van der Waals surface area contributed by atoms with Gasteiger partial charge in [-0.05, 0) is 133 Å². The van der Waals surface area contributed by atoms with E-state index in [-0.39, 0.29) is 32.5 Å². The van der Waals surface area contributed by atoms with E-state index in [1.165, 1.54) is 38.3 Å². The fraction of sp³-hybridized carbons (Fsp3) is 0.681. The highest BCUT2D eigenvalue weighted by molar-refractivity contribution is 7.09. The van der Waals surface area contributed by atoms with Crippen LogP contribution >= 0.6 is 11.3 Å². The second-order valence-corrected chi connectivity index (χ2v) is 46.0. The lowest BCUT2D eigenvalue weighted by molar-refractivity contribution is 0.469. The Bertz CT molecular complexity index is 2580. The van der Waals surface area contributed by atoms with E-state index in [4.69, 9.17) is 0 Å². The summed E-state index contributed by atoms with van der Waals surface area (Å²) in [6, 6.07) is 20.7. The zero-order chi connectivity index (χ0) is 84.2. The van der Waals surface area contributed by atoms with Gasteiger partial charge in [-0.3, -0.25) is 19.6 Å². The van der Waals surface area contributed by atoms with Crippen LogP contribution in [0.5, 0.6) is 0 Å². The molecule has 7 rings (SSSR count). The molecule has 0 bridgehead atoms. The van der Waals surface area contributed by atoms with Crippen LogP contribution in [0.2, 0.25) is 0 Å². The summed E-state index contributed by atoms with van der Waals surface area (Å²) in [5, 5.41) is 11.6. The third-order valence-corrected chi connectivity index (χ3v) is 11.5. The molecule has 0 radical (unpaired) electrons. The maximum atomic E-state index is 4.10. The molecule has 0 saturated heterocycles. The topological polar surface area (TPSA) is 108 Å². The van der Waals surface area contributed by atoms with Crippen LogP contribution in [0.4, 0.5) is 0 Å². The monoisotopic (exact) mass is 1460 g/mol. The van der Waals surface area contributed by atoms with Crippen molar-refractivity contribution in [3.63, 3.8) is 0 Å². The largest absolute Gasteiger partial charge is 0.276 e. The maximum absolute atomic E-state index is 4.10. The van der Waals surface area contributed by atoms with E-state index in [0.29, 0.717) is 43.3 Å². The van der Waals surface area contributed by atoms with Crippen LogP contribution in [0.25, 0.3) is 0 Å². The van der Waals surface area contributed by atoms with Crippen molar-refractivity contribution in [1.29, 1.82) is 0 Å². The fourth-order valence-electron chi connectivity index (χ4n) is 5.41. The lowest BCUT2D eigenvalue weighted by atomic mass is 9.87. The molecule has 600 valence electrons. The Morgan fingerprint density at radius 2 is 0.538 bits per heavy atom. The number of aryl methyl sites for hydroxylation is 1.